The number of amides is 2. The molecule has 1 atom stereocenters. The Morgan fingerprint density at radius 2 is 1.82 bits per heavy atom. The van der Waals surface area contributed by atoms with Gasteiger partial charge in [0, 0.05) is 33.0 Å². The molecule has 1 heterocycles. The highest BCUT2D eigenvalue weighted by atomic mass is 16.5. The number of likely N-dealkylation sites (tertiary alicyclic amines) is 1. The van der Waals surface area contributed by atoms with Crippen LogP contribution in [0.3, 0.4) is 0 Å². The second-order valence-corrected chi connectivity index (χ2v) is 7.39. The fraction of sp³-hybridized carbons (Fsp3) is 0.391. The van der Waals surface area contributed by atoms with Gasteiger partial charge in [-0.25, -0.2) is 0 Å². The Bertz CT molecular complexity index is 807. The van der Waals surface area contributed by atoms with E-state index in [0.29, 0.717) is 36.1 Å². The molecule has 3 rings (SSSR count). The number of rotatable bonds is 6. The Balaban J connectivity index is 1.72. The zero-order valence-corrected chi connectivity index (χ0v) is 16.6. The van der Waals surface area contributed by atoms with E-state index < -0.39 is 0 Å². The van der Waals surface area contributed by atoms with Crippen molar-refractivity contribution in [2.24, 2.45) is 5.92 Å². The molecule has 0 radical (unpaired) electrons. The molecule has 0 saturated carbocycles. The maximum atomic E-state index is 12.6. The summed E-state index contributed by atoms with van der Waals surface area (Å²) in [6, 6.07) is 16.9. The first-order chi connectivity index (χ1) is 13.5. The van der Waals surface area contributed by atoms with Gasteiger partial charge in [-0.3, -0.25) is 9.59 Å². The van der Waals surface area contributed by atoms with Crippen molar-refractivity contribution in [3.8, 4) is 11.5 Å². The maximum absolute atomic E-state index is 12.6. The van der Waals surface area contributed by atoms with Crippen LogP contribution in [0.15, 0.2) is 54.6 Å². The van der Waals surface area contributed by atoms with Crippen molar-refractivity contribution in [2.45, 2.75) is 33.1 Å². The number of carbonyl (C=O) groups is 2. The summed E-state index contributed by atoms with van der Waals surface area (Å²) in [5.74, 6) is 1.85. The van der Waals surface area contributed by atoms with E-state index in [2.05, 4.69) is 6.92 Å². The summed E-state index contributed by atoms with van der Waals surface area (Å²) in [7, 11) is 0. The minimum atomic E-state index is -0.107. The van der Waals surface area contributed by atoms with E-state index in [1.165, 1.54) is 13.3 Å². The molecule has 0 N–H and O–H groups in total. The van der Waals surface area contributed by atoms with Crippen molar-refractivity contribution in [1.29, 1.82) is 0 Å². The Morgan fingerprint density at radius 3 is 2.54 bits per heavy atom. The number of benzene rings is 2. The van der Waals surface area contributed by atoms with Crippen LogP contribution in [0.4, 0.5) is 5.69 Å². The molecule has 1 saturated heterocycles. The van der Waals surface area contributed by atoms with Crippen LogP contribution in [0.1, 0.15) is 33.1 Å². The van der Waals surface area contributed by atoms with Gasteiger partial charge in [0.25, 0.3) is 0 Å². The number of piperidine rings is 1. The van der Waals surface area contributed by atoms with Crippen LogP contribution < -0.4 is 9.64 Å². The summed E-state index contributed by atoms with van der Waals surface area (Å²) in [5, 5.41) is 0. The van der Waals surface area contributed by atoms with Crippen molar-refractivity contribution >= 4 is 17.5 Å². The van der Waals surface area contributed by atoms with Crippen LogP contribution in [-0.2, 0) is 9.59 Å². The highest BCUT2D eigenvalue weighted by Crippen LogP contribution is 2.32. The summed E-state index contributed by atoms with van der Waals surface area (Å²) in [4.78, 5) is 28.5. The molecule has 5 nitrogen and oxygen atoms in total. The lowest BCUT2D eigenvalue weighted by atomic mass is 10.00. The van der Waals surface area contributed by atoms with E-state index in [9.17, 15) is 9.59 Å². The molecule has 0 aromatic heterocycles. The van der Waals surface area contributed by atoms with Gasteiger partial charge in [-0.2, -0.15) is 0 Å². The number of para-hydroxylation sites is 3. The summed E-state index contributed by atoms with van der Waals surface area (Å²) in [6.07, 6.45) is 2.54. The lowest BCUT2D eigenvalue weighted by Crippen LogP contribution is -2.41. The number of ether oxygens (including phenoxy) is 1. The molecule has 0 bridgehead atoms. The molecule has 1 fully saturated rings. The van der Waals surface area contributed by atoms with Crippen LogP contribution in [0.5, 0.6) is 11.5 Å². The molecule has 2 aromatic carbocycles. The molecule has 1 unspecified atom stereocenters. The van der Waals surface area contributed by atoms with Gasteiger partial charge in [0.2, 0.25) is 11.8 Å². The topological polar surface area (TPSA) is 49.9 Å². The van der Waals surface area contributed by atoms with E-state index in [1.807, 2.05) is 59.5 Å². The van der Waals surface area contributed by atoms with Crippen molar-refractivity contribution < 1.29 is 14.3 Å². The fourth-order valence-corrected chi connectivity index (χ4v) is 3.61. The van der Waals surface area contributed by atoms with Gasteiger partial charge in [-0.1, -0.05) is 37.3 Å². The predicted octanol–water partition coefficient (Wildman–Crippen LogP) is 4.48. The van der Waals surface area contributed by atoms with Crippen LogP contribution in [0.25, 0.3) is 0 Å². The van der Waals surface area contributed by atoms with Crippen LogP contribution in [-0.4, -0.2) is 36.3 Å². The zero-order valence-electron chi connectivity index (χ0n) is 16.6. The fourth-order valence-electron chi connectivity index (χ4n) is 3.61. The standard InChI is InChI=1S/C23H28N2O3/c1-18-9-8-15-24(17-18)23(27)14-16-25(19(2)26)21-12-6-7-13-22(21)28-20-10-4-3-5-11-20/h3-7,10-13,18H,8-9,14-17H2,1-2H3. The number of hydrogen-bond donors (Lipinski definition) is 0. The third-order valence-electron chi connectivity index (χ3n) is 5.07. The van der Waals surface area contributed by atoms with Crippen molar-refractivity contribution in [1.82, 2.24) is 4.90 Å². The average Bonchev–Trinajstić information content (AvgIpc) is 2.69. The third-order valence-corrected chi connectivity index (χ3v) is 5.07. The van der Waals surface area contributed by atoms with E-state index in [-0.39, 0.29) is 11.8 Å². The summed E-state index contributed by atoms with van der Waals surface area (Å²) < 4.78 is 5.99. The largest absolute Gasteiger partial charge is 0.455 e. The van der Waals surface area contributed by atoms with E-state index in [1.54, 1.807) is 4.90 Å². The van der Waals surface area contributed by atoms with Gasteiger partial charge < -0.3 is 14.5 Å². The van der Waals surface area contributed by atoms with E-state index >= 15 is 0 Å². The summed E-state index contributed by atoms with van der Waals surface area (Å²) >= 11 is 0. The number of carbonyl (C=O) groups excluding carboxylic acids is 2. The van der Waals surface area contributed by atoms with Gasteiger partial charge in [-0.05, 0) is 43.0 Å². The molecule has 5 heteroatoms. The zero-order chi connectivity index (χ0) is 19.9. The van der Waals surface area contributed by atoms with Crippen molar-refractivity contribution in [3.63, 3.8) is 0 Å². The first kappa shape index (κ1) is 19.9. The van der Waals surface area contributed by atoms with Gasteiger partial charge in [0.05, 0.1) is 5.69 Å². The van der Waals surface area contributed by atoms with Gasteiger partial charge in [-0.15, -0.1) is 0 Å². The normalized spacial score (nSPS) is 16.5. The van der Waals surface area contributed by atoms with Crippen LogP contribution in [0.2, 0.25) is 0 Å². The second-order valence-electron chi connectivity index (χ2n) is 7.39. The molecule has 2 aromatic rings. The van der Waals surface area contributed by atoms with Crippen molar-refractivity contribution in [3.05, 3.63) is 54.6 Å². The molecule has 0 spiro atoms. The minimum absolute atomic E-state index is 0.107. The number of hydrogen-bond acceptors (Lipinski definition) is 3. The molecule has 0 aliphatic carbocycles. The smallest absolute Gasteiger partial charge is 0.224 e. The Hall–Kier alpha value is -2.82. The lowest BCUT2D eigenvalue weighted by molar-refractivity contribution is -0.132. The van der Waals surface area contributed by atoms with E-state index in [0.717, 1.165) is 19.5 Å². The molecule has 28 heavy (non-hydrogen) atoms. The predicted molar refractivity (Wildman–Crippen MR) is 111 cm³/mol. The quantitative estimate of drug-likeness (QED) is 0.742. The summed E-state index contributed by atoms with van der Waals surface area (Å²) in [5.41, 5.74) is 0.679. The van der Waals surface area contributed by atoms with Gasteiger partial charge in [0.1, 0.15) is 5.75 Å². The molecule has 148 valence electrons. The first-order valence-electron chi connectivity index (χ1n) is 9.92. The van der Waals surface area contributed by atoms with Gasteiger partial charge in [0.15, 0.2) is 5.75 Å². The lowest BCUT2D eigenvalue weighted by Gasteiger charge is -2.32. The van der Waals surface area contributed by atoms with Crippen LogP contribution in [0, 0.1) is 5.92 Å². The molecular formula is C23H28N2O3. The number of nitrogens with zero attached hydrogens (tertiary/aromatic N) is 2. The van der Waals surface area contributed by atoms with Gasteiger partial charge >= 0.3 is 0 Å². The average molecular weight is 380 g/mol. The van der Waals surface area contributed by atoms with E-state index in [4.69, 9.17) is 4.74 Å². The van der Waals surface area contributed by atoms with Crippen molar-refractivity contribution in [2.75, 3.05) is 24.5 Å². The Morgan fingerprint density at radius 1 is 1.11 bits per heavy atom. The SMILES string of the molecule is CC(=O)N(CCC(=O)N1CCCC(C)C1)c1ccccc1Oc1ccccc1. The summed E-state index contributed by atoms with van der Waals surface area (Å²) in [6.45, 7) is 5.67. The highest BCUT2D eigenvalue weighted by molar-refractivity contribution is 5.94. The van der Waals surface area contributed by atoms with Crippen LogP contribution >= 0.6 is 0 Å². The monoisotopic (exact) mass is 380 g/mol. The highest BCUT2D eigenvalue weighted by Gasteiger charge is 2.23. The Kier molecular flexibility index (Phi) is 6.69. The number of anilines is 1. The molecular weight excluding hydrogens is 352 g/mol. The molecule has 1 aliphatic rings. The Labute approximate surface area is 166 Å². The third kappa shape index (κ3) is 5.12. The molecule has 2 amide bonds. The first-order valence-corrected chi connectivity index (χ1v) is 9.92. The maximum Gasteiger partial charge on any atom is 0.224 e. The molecule has 1 aliphatic heterocycles. The minimum Gasteiger partial charge on any atom is -0.455 e. The second kappa shape index (κ2) is 9.40.